The zero-order valence-corrected chi connectivity index (χ0v) is 8.10. The van der Waals surface area contributed by atoms with Gasteiger partial charge in [-0.25, -0.2) is 8.42 Å². The van der Waals surface area contributed by atoms with Gasteiger partial charge in [0.1, 0.15) is 0 Å². The molecule has 0 unspecified atom stereocenters. The van der Waals surface area contributed by atoms with E-state index >= 15 is 0 Å². The Morgan fingerprint density at radius 2 is 1.71 bits per heavy atom. The van der Waals surface area contributed by atoms with Crippen molar-refractivity contribution in [3.8, 4) is 0 Å². The monoisotopic (exact) mass is 216 g/mol. The van der Waals surface area contributed by atoms with Crippen LogP contribution in [0.2, 0.25) is 0 Å². The molecule has 1 N–H and O–H groups in total. The molecule has 0 spiro atoms. The molecule has 1 aromatic rings. The molecule has 0 aliphatic rings. The standard InChI is InChI=1S/C7H7N2.H2O4S/c1-6-2-4-7(9-8)5-3-6;1-5(2,3)4/h2-5H,1H3;(H2,1,2,3,4)/q+1;/p-1. The van der Waals surface area contributed by atoms with Gasteiger partial charge >= 0.3 is 5.69 Å². The summed E-state index contributed by atoms with van der Waals surface area (Å²) in [4.78, 5) is 3.01. The summed E-state index contributed by atoms with van der Waals surface area (Å²) in [5.41, 5.74) is 1.77. The molecule has 0 amide bonds. The molecule has 0 fully saturated rings. The van der Waals surface area contributed by atoms with Crippen molar-refractivity contribution in [3.63, 3.8) is 0 Å². The Bertz CT molecular complexity index is 410. The van der Waals surface area contributed by atoms with Crippen molar-refractivity contribution >= 4 is 16.1 Å². The number of hydrogen-bond donors (Lipinski definition) is 1. The molecule has 0 aliphatic carbocycles. The van der Waals surface area contributed by atoms with Crippen LogP contribution in [-0.4, -0.2) is 17.5 Å². The molecule has 7 heteroatoms. The summed E-state index contributed by atoms with van der Waals surface area (Å²) in [6.45, 7) is 1.99. The van der Waals surface area contributed by atoms with E-state index in [4.69, 9.17) is 22.9 Å². The minimum atomic E-state index is -4.92. The molecule has 0 aromatic heterocycles. The molecule has 1 aromatic carbocycles. The average molecular weight is 216 g/mol. The lowest BCUT2D eigenvalue weighted by Crippen LogP contribution is -1.90. The number of aryl methyl sites for hydroxylation is 1. The third-order valence-corrected chi connectivity index (χ3v) is 1.15. The van der Waals surface area contributed by atoms with Gasteiger partial charge in [-0.15, -0.1) is 0 Å². The zero-order valence-electron chi connectivity index (χ0n) is 7.28. The summed E-state index contributed by atoms with van der Waals surface area (Å²) in [5, 5.41) is 8.25. The molecule has 0 aliphatic heterocycles. The van der Waals surface area contributed by atoms with Crippen LogP contribution in [0.15, 0.2) is 24.3 Å². The van der Waals surface area contributed by atoms with Crippen molar-refractivity contribution in [2.75, 3.05) is 0 Å². The SMILES string of the molecule is Cc1ccc([N+]#N)cc1.O=S(=O)([O-])O. The molecule has 0 heterocycles. The third kappa shape index (κ3) is 8.61. The lowest BCUT2D eigenvalue weighted by molar-refractivity contribution is 0.366. The van der Waals surface area contributed by atoms with Crippen LogP contribution in [-0.2, 0) is 10.4 Å². The van der Waals surface area contributed by atoms with Crippen LogP contribution in [0.3, 0.4) is 0 Å². The molecule has 76 valence electrons. The Hall–Kier alpha value is -1.49. The smallest absolute Gasteiger partial charge is 0.385 e. The van der Waals surface area contributed by atoms with Crippen LogP contribution in [0.1, 0.15) is 5.56 Å². The highest BCUT2D eigenvalue weighted by molar-refractivity contribution is 7.79. The Morgan fingerprint density at radius 1 is 1.36 bits per heavy atom. The van der Waals surface area contributed by atoms with Crippen LogP contribution in [0.25, 0.3) is 4.98 Å². The predicted octanol–water partition coefficient (Wildman–Crippen LogP) is 1.48. The van der Waals surface area contributed by atoms with Gasteiger partial charge in [0.2, 0.25) is 15.8 Å². The second kappa shape index (κ2) is 5.29. The normalized spacial score (nSPS) is 9.57. The summed E-state index contributed by atoms with van der Waals surface area (Å²) in [5.74, 6) is 0. The van der Waals surface area contributed by atoms with Gasteiger partial charge in [0.25, 0.3) is 0 Å². The van der Waals surface area contributed by atoms with Crippen molar-refractivity contribution < 1.29 is 17.5 Å². The minimum absolute atomic E-state index is 0.598. The first-order chi connectivity index (χ1) is 6.33. The lowest BCUT2D eigenvalue weighted by atomic mass is 10.2. The molecule has 0 saturated carbocycles. The Labute approximate surface area is 81.4 Å². The van der Waals surface area contributed by atoms with Gasteiger partial charge in [-0.3, -0.25) is 4.55 Å². The van der Waals surface area contributed by atoms with Crippen LogP contribution in [0.4, 0.5) is 5.69 Å². The average Bonchev–Trinajstić information content (AvgIpc) is 2.03. The van der Waals surface area contributed by atoms with E-state index in [1.165, 1.54) is 5.56 Å². The molecule has 1 rings (SSSR count). The highest BCUT2D eigenvalue weighted by Crippen LogP contribution is 2.10. The quantitative estimate of drug-likeness (QED) is 0.401. The van der Waals surface area contributed by atoms with Crippen LogP contribution in [0, 0.1) is 12.3 Å². The number of nitrogens with zero attached hydrogens (tertiary/aromatic N) is 2. The van der Waals surface area contributed by atoms with Gasteiger partial charge < -0.3 is 4.55 Å². The lowest BCUT2D eigenvalue weighted by Gasteiger charge is -1.88. The largest absolute Gasteiger partial charge is 0.726 e. The van der Waals surface area contributed by atoms with Crippen LogP contribution >= 0.6 is 0 Å². The first kappa shape index (κ1) is 12.5. The summed E-state index contributed by atoms with van der Waals surface area (Å²) >= 11 is 0. The highest BCUT2D eigenvalue weighted by atomic mass is 32.3. The maximum atomic E-state index is 8.63. The fourth-order valence-electron chi connectivity index (χ4n) is 0.611. The summed E-state index contributed by atoms with van der Waals surface area (Å²) in [6.07, 6.45) is 0. The number of benzene rings is 1. The molecule has 0 radical (unpaired) electrons. The topological polar surface area (TPSA) is 106 Å². The van der Waals surface area contributed by atoms with Crippen molar-refractivity contribution in [1.82, 2.24) is 0 Å². The van der Waals surface area contributed by atoms with E-state index in [2.05, 4.69) is 4.98 Å². The zero-order chi connectivity index (χ0) is 11.2. The maximum Gasteiger partial charge on any atom is 0.385 e. The summed E-state index contributed by atoms with van der Waals surface area (Å²) in [7, 11) is -4.92. The maximum absolute atomic E-state index is 8.63. The van der Waals surface area contributed by atoms with E-state index in [0.717, 1.165) is 0 Å². The van der Waals surface area contributed by atoms with Crippen molar-refractivity contribution in [3.05, 3.63) is 34.8 Å². The van der Waals surface area contributed by atoms with Crippen molar-refractivity contribution in [2.45, 2.75) is 6.92 Å². The van der Waals surface area contributed by atoms with Crippen molar-refractivity contribution in [2.24, 2.45) is 0 Å². The van der Waals surface area contributed by atoms with E-state index in [1.54, 1.807) is 12.1 Å². The van der Waals surface area contributed by atoms with Crippen molar-refractivity contribution in [1.29, 1.82) is 5.39 Å². The number of hydrogen-bond acceptors (Lipinski definition) is 4. The Morgan fingerprint density at radius 3 is 2.00 bits per heavy atom. The minimum Gasteiger partial charge on any atom is -0.726 e. The first-order valence-electron chi connectivity index (χ1n) is 3.43. The van der Waals surface area contributed by atoms with Gasteiger partial charge in [-0.1, -0.05) is 17.7 Å². The molecule has 14 heavy (non-hydrogen) atoms. The Balaban J connectivity index is 0.000000292. The van der Waals surface area contributed by atoms with Gasteiger partial charge in [-0.05, 0) is 6.92 Å². The van der Waals surface area contributed by atoms with Gasteiger partial charge in [-0.2, -0.15) is 0 Å². The second-order valence-corrected chi connectivity index (χ2v) is 3.22. The first-order valence-corrected chi connectivity index (χ1v) is 4.79. The van der Waals surface area contributed by atoms with Gasteiger partial charge in [0, 0.05) is 12.1 Å². The predicted molar refractivity (Wildman–Crippen MR) is 48.2 cm³/mol. The second-order valence-electron chi connectivity index (χ2n) is 2.36. The van der Waals surface area contributed by atoms with E-state index in [1.807, 2.05) is 19.1 Å². The van der Waals surface area contributed by atoms with E-state index < -0.39 is 10.4 Å². The van der Waals surface area contributed by atoms with Crippen LogP contribution in [0.5, 0.6) is 0 Å². The fourth-order valence-corrected chi connectivity index (χ4v) is 0.611. The fraction of sp³-hybridized carbons (Fsp3) is 0.143. The third-order valence-electron chi connectivity index (χ3n) is 1.15. The van der Waals surface area contributed by atoms with Gasteiger partial charge in [0.15, 0.2) is 4.98 Å². The van der Waals surface area contributed by atoms with E-state index in [-0.39, 0.29) is 0 Å². The molecule has 0 saturated heterocycles. The molecular formula is C7H8N2O4S. The van der Waals surface area contributed by atoms with Crippen LogP contribution < -0.4 is 0 Å². The molecule has 0 bridgehead atoms. The summed E-state index contributed by atoms with van der Waals surface area (Å²) < 4.78 is 32.8. The van der Waals surface area contributed by atoms with E-state index in [9.17, 15) is 0 Å². The molecular weight excluding hydrogens is 208 g/mol. The molecule has 0 atom stereocenters. The number of diazo groups is 1. The molecule has 6 nitrogen and oxygen atoms in total. The highest BCUT2D eigenvalue weighted by Gasteiger charge is 1.98. The van der Waals surface area contributed by atoms with E-state index in [0.29, 0.717) is 5.69 Å². The number of rotatable bonds is 0. The van der Waals surface area contributed by atoms with Gasteiger partial charge in [0.05, 0.1) is 0 Å². The Kier molecular flexibility index (Phi) is 4.72. The summed E-state index contributed by atoms with van der Waals surface area (Å²) in [6, 6.07) is 7.31.